The summed E-state index contributed by atoms with van der Waals surface area (Å²) in [6.45, 7) is 10.9. The van der Waals surface area contributed by atoms with Gasteiger partial charge in [0.25, 0.3) is 0 Å². The summed E-state index contributed by atoms with van der Waals surface area (Å²) < 4.78 is 10.9. The lowest BCUT2D eigenvalue weighted by atomic mass is 10.1. The summed E-state index contributed by atoms with van der Waals surface area (Å²) in [6, 6.07) is 7.34. The van der Waals surface area contributed by atoms with E-state index in [0.717, 1.165) is 28.3 Å². The van der Waals surface area contributed by atoms with Crippen LogP contribution in [0.1, 0.15) is 49.4 Å². The Bertz CT molecular complexity index is 690. The number of urea groups is 1. The lowest BCUT2D eigenvalue weighted by Gasteiger charge is -2.15. The van der Waals surface area contributed by atoms with Gasteiger partial charge in [-0.3, -0.25) is 0 Å². The number of nitrogens with one attached hydrogen (secondary N) is 2. The summed E-state index contributed by atoms with van der Waals surface area (Å²) in [7, 11) is 0. The lowest BCUT2D eigenvalue weighted by Crippen LogP contribution is -2.36. The Hall–Kier alpha value is -2.50. The van der Waals surface area contributed by atoms with Crippen LogP contribution in [0.4, 0.5) is 4.79 Å². The van der Waals surface area contributed by atoms with Gasteiger partial charge in [0.2, 0.25) is 0 Å². The summed E-state index contributed by atoms with van der Waals surface area (Å²) in [4.78, 5) is 12.1. The third-order valence-electron chi connectivity index (χ3n) is 3.80. The molecular weight excluding hydrogens is 318 g/mol. The SMILES string of the molecule is Cc1noc(C)c1[C@@H](C)NC(=O)NCc1cccc(OCC(C)C)c1. The van der Waals surface area contributed by atoms with E-state index in [1.54, 1.807) is 0 Å². The third-order valence-corrected chi connectivity index (χ3v) is 3.80. The van der Waals surface area contributed by atoms with E-state index < -0.39 is 0 Å². The largest absolute Gasteiger partial charge is 0.493 e. The van der Waals surface area contributed by atoms with E-state index in [1.807, 2.05) is 45.0 Å². The van der Waals surface area contributed by atoms with Crippen LogP contribution >= 0.6 is 0 Å². The number of hydrogen-bond donors (Lipinski definition) is 2. The molecule has 0 aliphatic heterocycles. The molecule has 1 aromatic heterocycles. The van der Waals surface area contributed by atoms with Gasteiger partial charge in [0.15, 0.2) is 0 Å². The van der Waals surface area contributed by atoms with Gasteiger partial charge in [0.05, 0.1) is 18.3 Å². The van der Waals surface area contributed by atoms with E-state index in [4.69, 9.17) is 9.26 Å². The molecule has 0 spiro atoms. The summed E-state index contributed by atoms with van der Waals surface area (Å²) in [6.07, 6.45) is 0. The predicted molar refractivity (Wildman–Crippen MR) is 96.5 cm³/mol. The average molecular weight is 345 g/mol. The molecule has 0 aliphatic rings. The molecule has 2 N–H and O–H groups in total. The molecule has 0 radical (unpaired) electrons. The summed E-state index contributed by atoms with van der Waals surface area (Å²) >= 11 is 0. The van der Waals surface area contributed by atoms with Crippen molar-refractivity contribution in [3.63, 3.8) is 0 Å². The molecule has 6 heteroatoms. The third kappa shape index (κ3) is 5.52. The minimum Gasteiger partial charge on any atom is -0.493 e. The second kappa shape index (κ2) is 8.55. The van der Waals surface area contributed by atoms with Crippen LogP contribution < -0.4 is 15.4 Å². The Kier molecular flexibility index (Phi) is 6.44. The Balaban J connectivity index is 1.86. The van der Waals surface area contributed by atoms with E-state index in [1.165, 1.54) is 0 Å². The van der Waals surface area contributed by atoms with E-state index in [9.17, 15) is 4.79 Å². The zero-order valence-electron chi connectivity index (χ0n) is 15.6. The van der Waals surface area contributed by atoms with Crippen LogP contribution in [0.3, 0.4) is 0 Å². The molecule has 0 unspecified atom stereocenters. The molecular formula is C19H27N3O3. The van der Waals surface area contributed by atoms with Gasteiger partial charge < -0.3 is 19.9 Å². The van der Waals surface area contributed by atoms with E-state index in [2.05, 4.69) is 29.6 Å². The van der Waals surface area contributed by atoms with Crippen molar-refractivity contribution in [2.45, 2.75) is 47.2 Å². The molecule has 2 aromatic rings. The van der Waals surface area contributed by atoms with Gasteiger partial charge >= 0.3 is 6.03 Å². The molecule has 0 aliphatic carbocycles. The molecule has 2 amide bonds. The smallest absolute Gasteiger partial charge is 0.315 e. The highest BCUT2D eigenvalue weighted by molar-refractivity contribution is 5.74. The van der Waals surface area contributed by atoms with Gasteiger partial charge in [0, 0.05) is 12.1 Å². The van der Waals surface area contributed by atoms with Crippen molar-refractivity contribution in [2.75, 3.05) is 6.61 Å². The van der Waals surface area contributed by atoms with Crippen LogP contribution in [0.5, 0.6) is 5.75 Å². The zero-order chi connectivity index (χ0) is 18.4. The highest BCUT2D eigenvalue weighted by atomic mass is 16.5. The van der Waals surface area contributed by atoms with Crippen molar-refractivity contribution in [1.82, 2.24) is 15.8 Å². The average Bonchev–Trinajstić information content (AvgIpc) is 2.90. The maximum atomic E-state index is 12.1. The summed E-state index contributed by atoms with van der Waals surface area (Å²) in [5.74, 6) is 2.01. The maximum absolute atomic E-state index is 12.1. The molecule has 1 heterocycles. The molecule has 2 rings (SSSR count). The Labute approximate surface area is 148 Å². The van der Waals surface area contributed by atoms with Crippen molar-refractivity contribution < 1.29 is 14.1 Å². The number of ether oxygens (including phenoxy) is 1. The number of carbonyl (C=O) groups is 1. The first-order valence-corrected chi connectivity index (χ1v) is 8.55. The van der Waals surface area contributed by atoms with Gasteiger partial charge in [-0.15, -0.1) is 0 Å². The zero-order valence-corrected chi connectivity index (χ0v) is 15.6. The topological polar surface area (TPSA) is 76.4 Å². The quantitative estimate of drug-likeness (QED) is 0.798. The van der Waals surface area contributed by atoms with Crippen molar-refractivity contribution in [3.8, 4) is 5.75 Å². The molecule has 0 saturated carbocycles. The van der Waals surface area contributed by atoms with E-state index in [-0.39, 0.29) is 12.1 Å². The van der Waals surface area contributed by atoms with Crippen molar-refractivity contribution >= 4 is 6.03 Å². The second-order valence-corrected chi connectivity index (χ2v) is 6.64. The fourth-order valence-electron chi connectivity index (χ4n) is 2.62. The fraction of sp³-hybridized carbons (Fsp3) is 0.474. The van der Waals surface area contributed by atoms with Crippen LogP contribution in [-0.4, -0.2) is 17.8 Å². The first-order valence-electron chi connectivity index (χ1n) is 8.55. The Morgan fingerprint density at radius 3 is 2.68 bits per heavy atom. The normalized spacial score (nSPS) is 12.1. The Morgan fingerprint density at radius 2 is 2.04 bits per heavy atom. The summed E-state index contributed by atoms with van der Waals surface area (Å²) in [5.41, 5.74) is 2.70. The molecule has 0 fully saturated rings. The minimum atomic E-state index is -0.235. The number of amides is 2. The number of aromatic nitrogens is 1. The highest BCUT2D eigenvalue weighted by Gasteiger charge is 2.18. The molecule has 0 bridgehead atoms. The highest BCUT2D eigenvalue weighted by Crippen LogP contribution is 2.20. The number of nitrogens with zero attached hydrogens (tertiary/aromatic N) is 1. The van der Waals surface area contributed by atoms with Gasteiger partial charge in [0.1, 0.15) is 11.5 Å². The van der Waals surface area contributed by atoms with E-state index in [0.29, 0.717) is 19.1 Å². The summed E-state index contributed by atoms with van der Waals surface area (Å²) in [5, 5.41) is 9.69. The van der Waals surface area contributed by atoms with Crippen molar-refractivity contribution in [3.05, 3.63) is 46.8 Å². The Morgan fingerprint density at radius 1 is 1.28 bits per heavy atom. The van der Waals surface area contributed by atoms with Crippen LogP contribution in [0, 0.1) is 19.8 Å². The second-order valence-electron chi connectivity index (χ2n) is 6.64. The first kappa shape index (κ1) is 18.8. The molecule has 6 nitrogen and oxygen atoms in total. The van der Waals surface area contributed by atoms with Gasteiger partial charge in [-0.1, -0.05) is 31.1 Å². The standard InChI is InChI=1S/C19H27N3O3/c1-12(2)11-24-17-8-6-7-16(9-17)10-20-19(23)21-13(3)18-14(4)22-25-15(18)5/h6-9,12-13H,10-11H2,1-5H3,(H2,20,21,23)/t13-/m1/s1. The van der Waals surface area contributed by atoms with Crippen molar-refractivity contribution in [1.29, 1.82) is 0 Å². The maximum Gasteiger partial charge on any atom is 0.315 e. The molecule has 1 aromatic carbocycles. The molecule has 136 valence electrons. The molecule has 1 atom stereocenters. The number of hydrogen-bond acceptors (Lipinski definition) is 4. The number of benzene rings is 1. The number of carbonyl (C=O) groups excluding carboxylic acids is 1. The van der Waals surface area contributed by atoms with Gasteiger partial charge in [-0.2, -0.15) is 0 Å². The number of aryl methyl sites for hydroxylation is 2. The van der Waals surface area contributed by atoms with Crippen molar-refractivity contribution in [2.24, 2.45) is 5.92 Å². The predicted octanol–water partition coefficient (Wildman–Crippen LogP) is 3.89. The van der Waals surface area contributed by atoms with Gasteiger partial charge in [-0.25, -0.2) is 4.79 Å². The number of rotatable bonds is 7. The first-order chi connectivity index (χ1) is 11.9. The molecule has 25 heavy (non-hydrogen) atoms. The minimum absolute atomic E-state index is 0.174. The van der Waals surface area contributed by atoms with E-state index >= 15 is 0 Å². The van der Waals surface area contributed by atoms with Crippen LogP contribution in [0.15, 0.2) is 28.8 Å². The monoisotopic (exact) mass is 345 g/mol. The van der Waals surface area contributed by atoms with Crippen LogP contribution in [-0.2, 0) is 6.54 Å². The van der Waals surface area contributed by atoms with Gasteiger partial charge in [-0.05, 0) is 44.4 Å². The van der Waals surface area contributed by atoms with Crippen LogP contribution in [0.2, 0.25) is 0 Å². The van der Waals surface area contributed by atoms with Crippen LogP contribution in [0.25, 0.3) is 0 Å². The molecule has 0 saturated heterocycles. The lowest BCUT2D eigenvalue weighted by molar-refractivity contribution is 0.237. The fourth-order valence-corrected chi connectivity index (χ4v) is 2.62.